The molecule has 0 atom stereocenters. The topological polar surface area (TPSA) is 55.1 Å². The fraction of sp³-hybridized carbons (Fsp3) is 0.174. The molecular weight excluding hydrogens is 388 g/mol. The number of alkyl halides is 1. The van der Waals surface area contributed by atoms with Crippen molar-refractivity contribution in [1.29, 1.82) is 0 Å². The van der Waals surface area contributed by atoms with E-state index in [4.69, 9.17) is 16.7 Å². The first-order chi connectivity index (χ1) is 13.7. The molecule has 0 aliphatic heterocycles. The minimum atomic E-state index is 0.409. The van der Waals surface area contributed by atoms with Gasteiger partial charge < -0.3 is 5.32 Å². The Balaban J connectivity index is 0.000000281. The van der Waals surface area contributed by atoms with Crippen molar-refractivity contribution in [3.05, 3.63) is 83.9 Å². The van der Waals surface area contributed by atoms with Crippen LogP contribution in [0.5, 0.6) is 0 Å². The van der Waals surface area contributed by atoms with E-state index in [-0.39, 0.29) is 0 Å². The molecule has 3 rings (SSSR count). The Labute approximate surface area is 177 Å². The van der Waals surface area contributed by atoms with Gasteiger partial charge in [0.15, 0.2) is 0 Å². The summed E-state index contributed by atoms with van der Waals surface area (Å²) in [7, 11) is 1.89. The molecule has 28 heavy (non-hydrogen) atoms. The molecule has 0 radical (unpaired) electrons. The molecule has 0 aliphatic carbocycles. The number of benzene rings is 3. The van der Waals surface area contributed by atoms with E-state index < -0.39 is 0 Å². The summed E-state index contributed by atoms with van der Waals surface area (Å²) in [5, 5.41) is 8.37. The van der Waals surface area contributed by atoms with Crippen molar-refractivity contribution in [2.75, 3.05) is 12.4 Å². The third-order valence-electron chi connectivity index (χ3n) is 3.77. The van der Waals surface area contributed by atoms with Crippen LogP contribution in [0.4, 0.5) is 5.69 Å². The molecule has 3 aromatic rings. The van der Waals surface area contributed by atoms with Crippen LogP contribution in [0.25, 0.3) is 11.1 Å². The molecule has 0 aromatic heterocycles. The summed E-state index contributed by atoms with van der Waals surface area (Å²) in [5.74, 6) is 0.409. The molecule has 148 valence electrons. The van der Waals surface area contributed by atoms with Gasteiger partial charge in [0.05, 0.1) is 0 Å². The number of carbonyl (C=O) groups excluding carboxylic acids is 1. The zero-order valence-electron chi connectivity index (χ0n) is 16.5. The molecule has 0 spiro atoms. The van der Waals surface area contributed by atoms with Crippen LogP contribution in [-0.4, -0.2) is 13.3 Å². The molecule has 0 bridgehead atoms. The van der Waals surface area contributed by atoms with Crippen LogP contribution in [-0.2, 0) is 5.88 Å². The normalized spacial score (nSPS) is 9.32. The Morgan fingerprint density at radius 3 is 2.14 bits per heavy atom. The standard InChI is InChI=1S/C14H11ClO.C7H10N2S.C2H6/c15-9-13-8-11(10-16)6-7-14(13)12-4-2-1-3-5-12;1-9-6-2-4-7(10-8)5-3-6;1-2/h1-8,10H,9H2;2-5,9H,8H2,1H3;1-2H3. The second kappa shape index (κ2) is 13.8. The summed E-state index contributed by atoms with van der Waals surface area (Å²) in [4.78, 5) is 11.8. The van der Waals surface area contributed by atoms with Crippen molar-refractivity contribution in [1.82, 2.24) is 0 Å². The third kappa shape index (κ3) is 7.39. The van der Waals surface area contributed by atoms with Crippen molar-refractivity contribution in [2.45, 2.75) is 24.6 Å². The SMILES string of the molecule is CC.CNc1ccc(SN)cc1.O=Cc1ccc(-c2ccccc2)c(CCl)c1. The second-order valence-electron chi connectivity index (χ2n) is 5.43. The van der Waals surface area contributed by atoms with E-state index in [9.17, 15) is 4.79 Å². The minimum Gasteiger partial charge on any atom is -0.388 e. The average molecular weight is 415 g/mol. The summed E-state index contributed by atoms with van der Waals surface area (Å²) >= 11 is 7.16. The van der Waals surface area contributed by atoms with Gasteiger partial charge in [-0.05, 0) is 59.0 Å². The van der Waals surface area contributed by atoms with Gasteiger partial charge >= 0.3 is 0 Å². The summed E-state index contributed by atoms with van der Waals surface area (Å²) in [5.41, 5.74) is 4.96. The van der Waals surface area contributed by atoms with Gasteiger partial charge in [0.2, 0.25) is 0 Å². The van der Waals surface area contributed by atoms with Crippen LogP contribution < -0.4 is 10.5 Å². The van der Waals surface area contributed by atoms with Crippen molar-refractivity contribution in [3.8, 4) is 11.1 Å². The van der Waals surface area contributed by atoms with Gasteiger partial charge in [0.25, 0.3) is 0 Å². The number of carbonyl (C=O) groups is 1. The van der Waals surface area contributed by atoms with Crippen LogP contribution in [0.2, 0.25) is 0 Å². The number of anilines is 1. The Kier molecular flexibility index (Phi) is 11.7. The highest BCUT2D eigenvalue weighted by Crippen LogP contribution is 2.25. The maximum absolute atomic E-state index is 10.7. The number of hydrogen-bond acceptors (Lipinski definition) is 4. The number of nitrogens with two attached hydrogens (primary N) is 1. The maximum Gasteiger partial charge on any atom is 0.150 e. The van der Waals surface area contributed by atoms with Gasteiger partial charge in [-0.15, -0.1) is 11.6 Å². The molecule has 0 unspecified atom stereocenters. The molecule has 0 heterocycles. The first kappa shape index (κ1) is 23.8. The van der Waals surface area contributed by atoms with Crippen LogP contribution in [0, 0.1) is 0 Å². The van der Waals surface area contributed by atoms with Crippen molar-refractivity contribution in [2.24, 2.45) is 5.14 Å². The molecule has 0 fully saturated rings. The van der Waals surface area contributed by atoms with E-state index in [2.05, 4.69) is 5.32 Å². The predicted octanol–water partition coefficient (Wildman–Crippen LogP) is 6.63. The van der Waals surface area contributed by atoms with Crippen molar-refractivity contribution >= 4 is 35.5 Å². The number of hydrogen-bond donors (Lipinski definition) is 2. The molecule has 3 N–H and O–H groups in total. The molecule has 0 aliphatic rings. The van der Waals surface area contributed by atoms with Crippen molar-refractivity contribution in [3.63, 3.8) is 0 Å². The van der Waals surface area contributed by atoms with Crippen LogP contribution in [0.15, 0.2) is 77.7 Å². The van der Waals surface area contributed by atoms with Gasteiger partial charge in [0.1, 0.15) is 6.29 Å². The first-order valence-corrected chi connectivity index (χ1v) is 10.5. The maximum atomic E-state index is 10.7. The Morgan fingerprint density at radius 1 is 1.00 bits per heavy atom. The van der Waals surface area contributed by atoms with Crippen LogP contribution >= 0.6 is 23.5 Å². The zero-order chi connectivity index (χ0) is 20.8. The second-order valence-corrected chi connectivity index (χ2v) is 6.40. The molecule has 0 saturated heterocycles. The number of aldehydes is 1. The summed E-state index contributed by atoms with van der Waals surface area (Å²) in [6, 6.07) is 23.6. The number of halogens is 1. The Hall–Kier alpha value is -2.27. The van der Waals surface area contributed by atoms with E-state index in [1.807, 2.05) is 93.7 Å². The molecule has 0 amide bonds. The van der Waals surface area contributed by atoms with Crippen LogP contribution in [0.3, 0.4) is 0 Å². The highest BCUT2D eigenvalue weighted by atomic mass is 35.5. The van der Waals surface area contributed by atoms with E-state index in [1.54, 1.807) is 0 Å². The van der Waals surface area contributed by atoms with Crippen molar-refractivity contribution < 1.29 is 4.79 Å². The van der Waals surface area contributed by atoms with E-state index in [0.717, 1.165) is 33.6 Å². The highest BCUT2D eigenvalue weighted by Gasteiger charge is 2.04. The summed E-state index contributed by atoms with van der Waals surface area (Å²) in [6.45, 7) is 4.00. The van der Waals surface area contributed by atoms with E-state index in [0.29, 0.717) is 11.4 Å². The zero-order valence-corrected chi connectivity index (χ0v) is 18.1. The monoisotopic (exact) mass is 414 g/mol. The number of rotatable bonds is 5. The molecular formula is C23H27ClN2OS. The first-order valence-electron chi connectivity index (χ1n) is 9.06. The quantitative estimate of drug-likeness (QED) is 0.279. The predicted molar refractivity (Wildman–Crippen MR) is 124 cm³/mol. The lowest BCUT2D eigenvalue weighted by Gasteiger charge is -2.07. The molecule has 5 heteroatoms. The fourth-order valence-corrected chi connectivity index (χ4v) is 2.91. The average Bonchev–Trinajstić information content (AvgIpc) is 2.81. The van der Waals surface area contributed by atoms with Gasteiger partial charge in [-0.1, -0.05) is 56.3 Å². The number of nitrogens with one attached hydrogen (secondary N) is 1. The van der Waals surface area contributed by atoms with Gasteiger partial charge in [-0.25, -0.2) is 0 Å². The lowest BCUT2D eigenvalue weighted by atomic mass is 9.99. The minimum absolute atomic E-state index is 0.409. The third-order valence-corrected chi connectivity index (χ3v) is 4.61. The molecule has 3 aromatic carbocycles. The van der Waals surface area contributed by atoms with E-state index in [1.165, 1.54) is 11.9 Å². The summed E-state index contributed by atoms with van der Waals surface area (Å²) in [6.07, 6.45) is 0.838. The van der Waals surface area contributed by atoms with Gasteiger partial charge in [0, 0.05) is 29.1 Å². The van der Waals surface area contributed by atoms with Crippen LogP contribution in [0.1, 0.15) is 29.8 Å². The Morgan fingerprint density at radius 2 is 1.64 bits per heavy atom. The summed E-state index contributed by atoms with van der Waals surface area (Å²) < 4.78 is 0. The largest absolute Gasteiger partial charge is 0.388 e. The van der Waals surface area contributed by atoms with E-state index >= 15 is 0 Å². The lowest BCUT2D eigenvalue weighted by molar-refractivity contribution is 0.112. The smallest absolute Gasteiger partial charge is 0.150 e. The Bertz CT molecular complexity index is 801. The van der Waals surface area contributed by atoms with Gasteiger partial charge in [-0.2, -0.15) is 0 Å². The highest BCUT2D eigenvalue weighted by molar-refractivity contribution is 7.97. The molecule has 3 nitrogen and oxygen atoms in total. The molecule has 0 saturated carbocycles. The fourth-order valence-electron chi connectivity index (χ4n) is 2.40. The van der Waals surface area contributed by atoms with Gasteiger partial charge in [-0.3, -0.25) is 9.93 Å². The lowest BCUT2D eigenvalue weighted by Crippen LogP contribution is -1.89.